The zero-order chi connectivity index (χ0) is 18.0. The van der Waals surface area contributed by atoms with Crippen molar-refractivity contribution < 1.29 is 29.0 Å². The van der Waals surface area contributed by atoms with Crippen molar-refractivity contribution in [2.24, 2.45) is 0 Å². The maximum Gasteiger partial charge on any atom is 0.338 e. The zero-order valence-corrected chi connectivity index (χ0v) is 13.8. The fraction of sp³-hybridized carbons (Fsp3) is 0.412. The van der Waals surface area contributed by atoms with E-state index in [2.05, 4.69) is 0 Å². The van der Waals surface area contributed by atoms with E-state index in [-0.39, 0.29) is 37.1 Å². The van der Waals surface area contributed by atoms with Crippen LogP contribution in [-0.2, 0) is 9.53 Å². The molecule has 24 heavy (non-hydrogen) atoms. The molecule has 0 bridgehead atoms. The van der Waals surface area contributed by atoms with E-state index in [0.717, 1.165) is 4.90 Å². The minimum Gasteiger partial charge on any atom is -0.481 e. The van der Waals surface area contributed by atoms with E-state index in [9.17, 15) is 19.2 Å². The third-order valence-electron chi connectivity index (χ3n) is 3.96. The van der Waals surface area contributed by atoms with Crippen LogP contribution in [-0.4, -0.2) is 46.9 Å². The van der Waals surface area contributed by atoms with Crippen LogP contribution in [0.3, 0.4) is 0 Å². The Kier molecular flexibility index (Phi) is 5.02. The van der Waals surface area contributed by atoms with Gasteiger partial charge in [0.1, 0.15) is 0 Å². The van der Waals surface area contributed by atoms with Crippen LogP contribution in [0.1, 0.15) is 62.0 Å². The number of esters is 1. The van der Waals surface area contributed by atoms with Crippen LogP contribution in [0.5, 0.6) is 0 Å². The number of aryl methyl sites for hydroxylation is 1. The Bertz CT molecular complexity index is 737. The molecule has 7 nitrogen and oxygen atoms in total. The maximum atomic E-state index is 12.6. The van der Waals surface area contributed by atoms with Crippen molar-refractivity contribution in [1.82, 2.24) is 4.90 Å². The van der Waals surface area contributed by atoms with E-state index < -0.39 is 23.8 Å². The van der Waals surface area contributed by atoms with Crippen LogP contribution in [0, 0.1) is 13.8 Å². The molecule has 1 aromatic carbocycles. The molecule has 0 radical (unpaired) electrons. The molecule has 0 aliphatic carbocycles. The number of rotatable bonds is 6. The molecule has 1 aliphatic rings. The highest BCUT2D eigenvalue weighted by atomic mass is 16.5. The van der Waals surface area contributed by atoms with Crippen LogP contribution in [0.2, 0.25) is 0 Å². The van der Waals surface area contributed by atoms with Gasteiger partial charge in [0.15, 0.2) is 0 Å². The first-order valence-corrected chi connectivity index (χ1v) is 7.68. The maximum absolute atomic E-state index is 12.6. The number of carbonyl (C=O) groups excluding carboxylic acids is 3. The Morgan fingerprint density at radius 1 is 1.21 bits per heavy atom. The predicted molar refractivity (Wildman–Crippen MR) is 84.1 cm³/mol. The third kappa shape index (κ3) is 3.02. The molecule has 2 amide bonds. The van der Waals surface area contributed by atoms with E-state index in [0.29, 0.717) is 16.7 Å². The molecule has 7 heteroatoms. The number of hydrogen-bond donors (Lipinski definition) is 1. The minimum atomic E-state index is -0.983. The summed E-state index contributed by atoms with van der Waals surface area (Å²) in [6.45, 7) is 5.23. The lowest BCUT2D eigenvalue weighted by Crippen LogP contribution is -2.31. The van der Waals surface area contributed by atoms with Crippen LogP contribution < -0.4 is 0 Å². The lowest BCUT2D eigenvalue weighted by Gasteiger charge is -2.13. The van der Waals surface area contributed by atoms with Crippen molar-refractivity contribution in [3.63, 3.8) is 0 Å². The number of benzene rings is 1. The summed E-state index contributed by atoms with van der Waals surface area (Å²) in [7, 11) is 0. The predicted octanol–water partition coefficient (Wildman–Crippen LogP) is 1.94. The standard InChI is InChI=1S/C17H19NO6/c1-4-24-17(23)13-9(2)8-11-14(10(13)3)16(22)18(15(11)21)7-5-6-12(19)20/h8H,4-7H2,1-3H3,(H,19,20). The largest absolute Gasteiger partial charge is 0.481 e. The number of fused-ring (bicyclic) bond motifs is 1. The Labute approximate surface area is 139 Å². The smallest absolute Gasteiger partial charge is 0.338 e. The molecule has 1 aromatic rings. The number of aliphatic carboxylic acids is 1. The van der Waals surface area contributed by atoms with Gasteiger partial charge in [-0.3, -0.25) is 19.3 Å². The second-order valence-electron chi connectivity index (χ2n) is 5.60. The number of carboxylic acids is 1. The number of imide groups is 1. The number of carbonyl (C=O) groups is 4. The molecule has 1 heterocycles. The van der Waals surface area contributed by atoms with Gasteiger partial charge < -0.3 is 9.84 Å². The summed E-state index contributed by atoms with van der Waals surface area (Å²) in [6, 6.07) is 1.52. The van der Waals surface area contributed by atoms with Crippen molar-refractivity contribution in [2.75, 3.05) is 13.2 Å². The van der Waals surface area contributed by atoms with Crippen molar-refractivity contribution in [3.8, 4) is 0 Å². The summed E-state index contributed by atoms with van der Waals surface area (Å²) in [6.07, 6.45) is 0.0586. The quantitative estimate of drug-likeness (QED) is 0.630. The normalized spacial score (nSPS) is 13.2. The molecule has 1 aliphatic heterocycles. The fourth-order valence-corrected chi connectivity index (χ4v) is 2.91. The fourth-order valence-electron chi connectivity index (χ4n) is 2.91. The third-order valence-corrected chi connectivity index (χ3v) is 3.96. The molecule has 0 spiro atoms. The Morgan fingerprint density at radius 2 is 1.88 bits per heavy atom. The van der Waals surface area contributed by atoms with Crippen molar-refractivity contribution >= 4 is 23.8 Å². The van der Waals surface area contributed by atoms with Crippen LogP contribution in [0.4, 0.5) is 0 Å². The number of ether oxygens (including phenoxy) is 1. The van der Waals surface area contributed by atoms with Crippen molar-refractivity contribution in [1.29, 1.82) is 0 Å². The highest BCUT2D eigenvalue weighted by Gasteiger charge is 2.38. The molecule has 128 valence electrons. The SMILES string of the molecule is CCOC(=O)c1c(C)cc2c(c1C)C(=O)N(CCCC(=O)O)C2=O. The van der Waals surface area contributed by atoms with E-state index in [1.165, 1.54) is 6.07 Å². The van der Waals surface area contributed by atoms with Crippen molar-refractivity contribution in [2.45, 2.75) is 33.6 Å². The van der Waals surface area contributed by atoms with E-state index in [1.54, 1.807) is 20.8 Å². The lowest BCUT2D eigenvalue weighted by atomic mass is 9.94. The summed E-state index contributed by atoms with van der Waals surface area (Å²) in [5, 5.41) is 8.68. The van der Waals surface area contributed by atoms with Gasteiger partial charge >= 0.3 is 11.9 Å². The van der Waals surface area contributed by atoms with Crippen LogP contribution in [0.15, 0.2) is 6.07 Å². The minimum absolute atomic E-state index is 0.0336. The van der Waals surface area contributed by atoms with Crippen LogP contribution >= 0.6 is 0 Å². The number of hydrogen-bond acceptors (Lipinski definition) is 5. The van der Waals surface area contributed by atoms with Gasteiger partial charge in [-0.25, -0.2) is 4.79 Å². The van der Waals surface area contributed by atoms with Crippen molar-refractivity contribution in [3.05, 3.63) is 33.9 Å². The first kappa shape index (κ1) is 17.7. The molecular formula is C17H19NO6. The molecule has 0 saturated carbocycles. The molecule has 0 atom stereocenters. The zero-order valence-electron chi connectivity index (χ0n) is 13.8. The van der Waals surface area contributed by atoms with E-state index >= 15 is 0 Å². The second kappa shape index (κ2) is 6.82. The molecule has 0 unspecified atom stereocenters. The van der Waals surface area contributed by atoms with E-state index in [1.807, 2.05) is 0 Å². The highest BCUT2D eigenvalue weighted by Crippen LogP contribution is 2.31. The molecule has 0 fully saturated rings. The van der Waals surface area contributed by atoms with Gasteiger partial charge in [-0.15, -0.1) is 0 Å². The second-order valence-corrected chi connectivity index (χ2v) is 5.60. The van der Waals surface area contributed by atoms with Gasteiger partial charge in [0.25, 0.3) is 11.8 Å². The summed E-state index contributed by atoms with van der Waals surface area (Å²) >= 11 is 0. The van der Waals surface area contributed by atoms with Gasteiger partial charge in [-0.05, 0) is 44.4 Å². The monoisotopic (exact) mass is 333 g/mol. The van der Waals surface area contributed by atoms with Gasteiger partial charge in [0, 0.05) is 13.0 Å². The highest BCUT2D eigenvalue weighted by molar-refractivity contribution is 6.23. The molecular weight excluding hydrogens is 314 g/mol. The molecule has 2 rings (SSSR count). The molecule has 0 saturated heterocycles. The van der Waals surface area contributed by atoms with Gasteiger partial charge in [-0.1, -0.05) is 0 Å². The first-order valence-electron chi connectivity index (χ1n) is 7.68. The summed E-state index contributed by atoms with van der Waals surface area (Å²) in [5.74, 6) is -2.46. The molecule has 0 aromatic heterocycles. The van der Waals surface area contributed by atoms with Gasteiger partial charge in [0.2, 0.25) is 0 Å². The summed E-state index contributed by atoms with van der Waals surface area (Å²) in [4.78, 5) is 48.7. The molecule has 1 N–H and O–H groups in total. The number of amides is 2. The Morgan fingerprint density at radius 3 is 2.46 bits per heavy atom. The first-order chi connectivity index (χ1) is 11.3. The number of carboxylic acid groups (broad SMARTS) is 1. The Balaban J connectivity index is 2.38. The number of nitrogens with zero attached hydrogens (tertiary/aromatic N) is 1. The topological polar surface area (TPSA) is 101 Å². The van der Waals surface area contributed by atoms with Gasteiger partial charge in [0.05, 0.1) is 23.3 Å². The average molecular weight is 333 g/mol. The van der Waals surface area contributed by atoms with Crippen LogP contribution in [0.25, 0.3) is 0 Å². The van der Waals surface area contributed by atoms with Gasteiger partial charge in [-0.2, -0.15) is 0 Å². The summed E-state index contributed by atoms with van der Waals surface area (Å²) < 4.78 is 5.02. The summed E-state index contributed by atoms with van der Waals surface area (Å²) in [5.41, 5.74) is 1.73. The van der Waals surface area contributed by atoms with E-state index in [4.69, 9.17) is 9.84 Å². The Hall–Kier alpha value is -2.70. The lowest BCUT2D eigenvalue weighted by molar-refractivity contribution is -0.137. The average Bonchev–Trinajstić information content (AvgIpc) is 2.72.